The first kappa shape index (κ1) is 25.5. The van der Waals surface area contributed by atoms with Crippen molar-refractivity contribution in [1.29, 1.82) is 0 Å². The Balaban J connectivity index is 1.84. The van der Waals surface area contributed by atoms with Crippen LogP contribution in [0.3, 0.4) is 0 Å². The van der Waals surface area contributed by atoms with Gasteiger partial charge in [0.2, 0.25) is 0 Å². The van der Waals surface area contributed by atoms with Crippen molar-refractivity contribution in [3.63, 3.8) is 0 Å². The third kappa shape index (κ3) is 5.87. The van der Waals surface area contributed by atoms with Crippen LogP contribution in [0.2, 0.25) is 0 Å². The summed E-state index contributed by atoms with van der Waals surface area (Å²) in [7, 11) is -0.163. The zero-order chi connectivity index (χ0) is 23.3. The van der Waals surface area contributed by atoms with E-state index in [0.29, 0.717) is 31.7 Å². The molecule has 2 aliphatic rings. The molecule has 182 valence electrons. The summed E-state index contributed by atoms with van der Waals surface area (Å²) in [5, 5.41) is 0. The van der Waals surface area contributed by atoms with Crippen molar-refractivity contribution in [1.82, 2.24) is 4.90 Å². The monoisotopic (exact) mass is 469 g/mol. The second-order valence-corrected chi connectivity index (χ2v) is 10.8. The summed E-state index contributed by atoms with van der Waals surface area (Å²) < 4.78 is 40.6. The Labute approximate surface area is 193 Å². The molecular weight excluding hydrogens is 429 g/mol. The molecule has 0 amide bonds. The smallest absolute Gasteiger partial charge is 0.474 e. The average molecular weight is 470 g/mol. The number of rotatable bonds is 11. The van der Waals surface area contributed by atoms with Crippen LogP contribution < -0.4 is 9.47 Å². The fraction of sp³-hybridized carbons (Fsp3) is 0.750. The molecule has 1 aromatic carbocycles. The summed E-state index contributed by atoms with van der Waals surface area (Å²) in [6.07, 6.45) is 3.06. The molecule has 0 spiro atoms. The molecule has 1 fully saturated rings. The van der Waals surface area contributed by atoms with Crippen molar-refractivity contribution < 1.29 is 27.6 Å². The summed E-state index contributed by atoms with van der Waals surface area (Å²) in [5.41, 5.74) is 2.62. The van der Waals surface area contributed by atoms with Gasteiger partial charge in [-0.25, -0.2) is 4.57 Å². The zero-order valence-corrected chi connectivity index (χ0v) is 21.4. The highest BCUT2D eigenvalue weighted by molar-refractivity contribution is 7.48. The molecule has 1 saturated heterocycles. The van der Waals surface area contributed by atoms with Crippen LogP contribution in [0.4, 0.5) is 0 Å². The van der Waals surface area contributed by atoms with Crippen LogP contribution in [0.25, 0.3) is 0 Å². The minimum Gasteiger partial charge on any atom is -0.493 e. The molecule has 0 radical (unpaired) electrons. The molecule has 3 rings (SSSR count). The Morgan fingerprint density at radius 3 is 2.28 bits per heavy atom. The van der Waals surface area contributed by atoms with E-state index in [4.69, 9.17) is 23.0 Å². The van der Waals surface area contributed by atoms with E-state index < -0.39 is 7.82 Å². The summed E-state index contributed by atoms with van der Waals surface area (Å²) in [5.74, 6) is 2.88. The molecule has 0 aromatic heterocycles. The molecule has 3 atom stereocenters. The molecule has 0 N–H and O–H groups in total. The lowest BCUT2D eigenvalue weighted by atomic mass is 9.74. The Hall–Kier alpha value is -1.11. The van der Waals surface area contributed by atoms with Gasteiger partial charge in [-0.05, 0) is 74.1 Å². The van der Waals surface area contributed by atoms with Gasteiger partial charge in [-0.15, -0.1) is 0 Å². The zero-order valence-electron chi connectivity index (χ0n) is 20.5. The predicted octanol–water partition coefficient (Wildman–Crippen LogP) is 5.48. The van der Waals surface area contributed by atoms with Crippen LogP contribution in [0, 0.1) is 17.8 Å². The molecule has 3 unspecified atom stereocenters. The molecule has 1 aromatic rings. The highest BCUT2D eigenvalue weighted by Gasteiger charge is 2.41. The minimum atomic E-state index is -3.52. The lowest BCUT2D eigenvalue weighted by Crippen LogP contribution is -2.47. The number of fused-ring (bicyclic) bond motifs is 3. The highest BCUT2D eigenvalue weighted by atomic mass is 31.2. The van der Waals surface area contributed by atoms with E-state index >= 15 is 0 Å². The van der Waals surface area contributed by atoms with E-state index in [-0.39, 0.29) is 12.0 Å². The van der Waals surface area contributed by atoms with Gasteiger partial charge in [0, 0.05) is 19.1 Å². The minimum absolute atomic E-state index is 0.270. The fourth-order valence-corrected chi connectivity index (χ4v) is 6.43. The lowest BCUT2D eigenvalue weighted by Gasteiger charge is -2.47. The van der Waals surface area contributed by atoms with Crippen LogP contribution in [0.15, 0.2) is 12.1 Å². The fourth-order valence-electron chi connectivity index (χ4n) is 5.20. The molecule has 32 heavy (non-hydrogen) atoms. The number of hydrogen-bond donors (Lipinski definition) is 0. The molecule has 2 heterocycles. The van der Waals surface area contributed by atoms with E-state index in [1.54, 1.807) is 28.1 Å². The molecule has 8 heteroatoms. The number of piperidine rings is 1. The summed E-state index contributed by atoms with van der Waals surface area (Å²) in [6.45, 7) is 11.1. The van der Waals surface area contributed by atoms with Crippen molar-refractivity contribution in [2.45, 2.75) is 53.0 Å². The van der Waals surface area contributed by atoms with Gasteiger partial charge < -0.3 is 9.47 Å². The maximum atomic E-state index is 12.9. The Morgan fingerprint density at radius 2 is 1.69 bits per heavy atom. The number of nitrogens with zero attached hydrogens (tertiary/aromatic N) is 1. The predicted molar refractivity (Wildman–Crippen MR) is 125 cm³/mol. The first-order valence-electron chi connectivity index (χ1n) is 11.9. The maximum absolute atomic E-state index is 12.9. The largest absolute Gasteiger partial charge is 0.493 e. The molecule has 7 nitrogen and oxygen atoms in total. The summed E-state index contributed by atoms with van der Waals surface area (Å²) in [4.78, 5) is 2.60. The number of ether oxygens (including phenoxy) is 2. The van der Waals surface area contributed by atoms with Gasteiger partial charge in [0.15, 0.2) is 11.5 Å². The number of phosphoric ester groups is 1. The lowest BCUT2D eigenvalue weighted by molar-refractivity contribution is 0.0124. The second kappa shape index (κ2) is 11.3. The van der Waals surface area contributed by atoms with Crippen molar-refractivity contribution >= 4 is 7.82 Å². The molecule has 2 aliphatic heterocycles. The van der Waals surface area contributed by atoms with Gasteiger partial charge in [-0.1, -0.05) is 13.8 Å². The third-order valence-corrected chi connectivity index (χ3v) is 8.18. The normalized spacial score (nSPS) is 23.7. The third-order valence-electron chi connectivity index (χ3n) is 6.57. The second-order valence-electron chi connectivity index (χ2n) is 9.13. The van der Waals surface area contributed by atoms with Gasteiger partial charge in [0.05, 0.1) is 34.0 Å². The Morgan fingerprint density at radius 1 is 1.03 bits per heavy atom. The highest BCUT2D eigenvalue weighted by Crippen LogP contribution is 2.52. The van der Waals surface area contributed by atoms with E-state index in [2.05, 4.69) is 30.9 Å². The number of methoxy groups -OCH3 is 2. The summed E-state index contributed by atoms with van der Waals surface area (Å²) in [6, 6.07) is 4.54. The Bertz CT molecular complexity index is 791. The van der Waals surface area contributed by atoms with E-state index in [1.807, 2.05) is 0 Å². The topological polar surface area (TPSA) is 66.5 Å². The summed E-state index contributed by atoms with van der Waals surface area (Å²) >= 11 is 0. The standard InChI is InChI=1S/C24H40NO6P/c1-7-29-32(26,30-8-2)31-16-20-12-22-21-14-24(28-6)23(27-5)13-18(21)9-10-25(22)15-19(20)11-17(3)4/h13-14,17,19-20,22H,7-12,15-16H2,1-6H3. The van der Waals surface area contributed by atoms with Gasteiger partial charge in [-0.2, -0.15) is 0 Å². The van der Waals surface area contributed by atoms with Gasteiger partial charge in [-0.3, -0.25) is 18.5 Å². The van der Waals surface area contributed by atoms with Gasteiger partial charge in [0.25, 0.3) is 0 Å². The van der Waals surface area contributed by atoms with Crippen LogP contribution >= 0.6 is 7.82 Å². The van der Waals surface area contributed by atoms with Crippen molar-refractivity contribution in [3.05, 3.63) is 23.3 Å². The van der Waals surface area contributed by atoms with E-state index in [9.17, 15) is 4.57 Å². The number of hydrogen-bond acceptors (Lipinski definition) is 7. The molecular formula is C24H40NO6P. The maximum Gasteiger partial charge on any atom is 0.474 e. The van der Waals surface area contributed by atoms with E-state index in [1.165, 1.54) is 11.1 Å². The number of phosphoric acid groups is 1. The number of benzene rings is 1. The van der Waals surface area contributed by atoms with Gasteiger partial charge >= 0.3 is 7.82 Å². The first-order valence-corrected chi connectivity index (χ1v) is 13.3. The first-order chi connectivity index (χ1) is 15.3. The van der Waals surface area contributed by atoms with Crippen LogP contribution in [-0.2, 0) is 24.6 Å². The van der Waals surface area contributed by atoms with Crippen LogP contribution in [0.1, 0.15) is 57.7 Å². The SMILES string of the molecule is CCOP(=O)(OCC)OCC1CC2c3cc(OC)c(OC)cc3CCN2CC1CC(C)C. The van der Waals surface area contributed by atoms with Crippen molar-refractivity contribution in [2.75, 3.05) is 47.1 Å². The average Bonchev–Trinajstić information content (AvgIpc) is 2.76. The van der Waals surface area contributed by atoms with Crippen LogP contribution in [-0.4, -0.2) is 52.0 Å². The van der Waals surface area contributed by atoms with Crippen molar-refractivity contribution in [2.24, 2.45) is 17.8 Å². The van der Waals surface area contributed by atoms with Crippen LogP contribution in [0.5, 0.6) is 11.5 Å². The quantitative estimate of drug-likeness (QED) is 0.398. The van der Waals surface area contributed by atoms with Gasteiger partial charge in [0.1, 0.15) is 0 Å². The molecule has 0 bridgehead atoms. The van der Waals surface area contributed by atoms with Crippen molar-refractivity contribution in [3.8, 4) is 11.5 Å². The Kier molecular flexibility index (Phi) is 9.05. The molecule has 0 saturated carbocycles. The van der Waals surface area contributed by atoms with E-state index in [0.717, 1.165) is 43.9 Å². The molecule has 0 aliphatic carbocycles.